The number of hydrogen-bond acceptors (Lipinski definition) is 5. The van der Waals surface area contributed by atoms with Crippen LogP contribution in [-0.4, -0.2) is 15.9 Å². The van der Waals surface area contributed by atoms with Crippen molar-refractivity contribution in [3.8, 4) is 0 Å². The second kappa shape index (κ2) is 6.70. The van der Waals surface area contributed by atoms with Gasteiger partial charge in [0.1, 0.15) is 5.82 Å². The van der Waals surface area contributed by atoms with Gasteiger partial charge in [0.25, 0.3) is 0 Å². The topological polar surface area (TPSA) is 37.8 Å². The normalized spacial score (nSPS) is 10.6. The molecule has 0 aliphatic carbocycles. The van der Waals surface area contributed by atoms with E-state index in [1.54, 1.807) is 12.1 Å². The van der Waals surface area contributed by atoms with E-state index in [2.05, 4.69) is 21.6 Å². The first-order valence-corrected chi connectivity index (χ1v) is 7.49. The molecule has 18 heavy (non-hydrogen) atoms. The maximum atomic E-state index is 13.4. The maximum Gasteiger partial charge on any atom is 0.202 e. The van der Waals surface area contributed by atoms with Crippen molar-refractivity contribution in [2.24, 2.45) is 0 Å². The van der Waals surface area contributed by atoms with Crippen molar-refractivity contribution in [2.45, 2.75) is 24.0 Å². The van der Waals surface area contributed by atoms with Gasteiger partial charge in [-0.15, -0.1) is 11.8 Å². The molecule has 0 amide bonds. The summed E-state index contributed by atoms with van der Waals surface area (Å²) in [5, 5.41) is 4.02. The molecule has 0 saturated heterocycles. The molecule has 2 aromatic rings. The van der Waals surface area contributed by atoms with Gasteiger partial charge in [-0.3, -0.25) is 0 Å². The molecule has 96 valence electrons. The second-order valence-corrected chi connectivity index (χ2v) is 5.43. The highest BCUT2D eigenvalue weighted by Gasteiger charge is 2.06. The minimum absolute atomic E-state index is 0.193. The molecule has 1 heterocycles. The van der Waals surface area contributed by atoms with Gasteiger partial charge in [-0.2, -0.15) is 4.37 Å². The van der Waals surface area contributed by atoms with E-state index in [1.807, 2.05) is 6.07 Å². The van der Waals surface area contributed by atoms with Gasteiger partial charge in [0.15, 0.2) is 5.82 Å². The van der Waals surface area contributed by atoms with Crippen molar-refractivity contribution in [2.75, 3.05) is 11.9 Å². The highest BCUT2D eigenvalue weighted by atomic mass is 32.2. The summed E-state index contributed by atoms with van der Waals surface area (Å²) in [4.78, 5) is 4.98. The van der Waals surface area contributed by atoms with E-state index >= 15 is 0 Å². The molecule has 0 bridgehead atoms. The summed E-state index contributed by atoms with van der Waals surface area (Å²) in [6.07, 6.45) is 1.05. The Hall–Kier alpha value is -1.14. The Balaban J connectivity index is 1.90. The number of halogens is 1. The van der Waals surface area contributed by atoms with Crippen LogP contribution < -0.4 is 5.32 Å². The van der Waals surface area contributed by atoms with Crippen molar-refractivity contribution in [1.82, 2.24) is 9.36 Å². The minimum atomic E-state index is -0.193. The van der Waals surface area contributed by atoms with Crippen LogP contribution in [0.15, 0.2) is 29.2 Å². The average molecular weight is 283 g/mol. The van der Waals surface area contributed by atoms with Crippen molar-refractivity contribution in [1.29, 1.82) is 0 Å². The van der Waals surface area contributed by atoms with Crippen LogP contribution in [0.4, 0.5) is 9.52 Å². The van der Waals surface area contributed by atoms with E-state index < -0.39 is 0 Å². The second-order valence-electron chi connectivity index (χ2n) is 3.66. The monoisotopic (exact) mass is 283 g/mol. The molecule has 0 fully saturated rings. The van der Waals surface area contributed by atoms with Crippen molar-refractivity contribution in [3.05, 3.63) is 35.9 Å². The Morgan fingerprint density at radius 3 is 3.00 bits per heavy atom. The van der Waals surface area contributed by atoms with E-state index in [4.69, 9.17) is 0 Å². The molecule has 0 radical (unpaired) electrons. The Morgan fingerprint density at radius 2 is 2.22 bits per heavy atom. The van der Waals surface area contributed by atoms with Crippen molar-refractivity contribution >= 4 is 28.4 Å². The summed E-state index contributed by atoms with van der Waals surface area (Å²) >= 11 is 2.77. The van der Waals surface area contributed by atoms with Crippen LogP contribution in [-0.2, 0) is 5.75 Å². The van der Waals surface area contributed by atoms with Crippen LogP contribution in [0.25, 0.3) is 0 Å². The van der Waals surface area contributed by atoms with E-state index in [-0.39, 0.29) is 5.82 Å². The molecule has 2 rings (SSSR count). The first kappa shape index (κ1) is 13.3. The highest BCUT2D eigenvalue weighted by molar-refractivity contribution is 7.98. The number of hydrogen-bond donors (Lipinski definition) is 1. The van der Waals surface area contributed by atoms with Gasteiger partial charge in [-0.1, -0.05) is 19.1 Å². The van der Waals surface area contributed by atoms with Crippen molar-refractivity contribution in [3.63, 3.8) is 0 Å². The Kier molecular flexibility index (Phi) is 4.95. The molecule has 1 aromatic heterocycles. The molecule has 1 aromatic carbocycles. The quantitative estimate of drug-likeness (QED) is 0.818. The SMILES string of the molecule is CCCNc1nc(CSc2ccccc2F)ns1. The van der Waals surface area contributed by atoms with Crippen LogP contribution in [0.1, 0.15) is 19.2 Å². The molecule has 0 aliphatic heterocycles. The van der Waals surface area contributed by atoms with E-state index in [1.165, 1.54) is 29.4 Å². The van der Waals surface area contributed by atoms with E-state index in [0.717, 1.165) is 23.9 Å². The number of anilines is 1. The van der Waals surface area contributed by atoms with E-state index in [9.17, 15) is 4.39 Å². The number of nitrogens with one attached hydrogen (secondary N) is 1. The third kappa shape index (κ3) is 3.68. The molecule has 0 spiro atoms. The molecule has 0 saturated carbocycles. The zero-order chi connectivity index (χ0) is 12.8. The van der Waals surface area contributed by atoms with Crippen molar-refractivity contribution < 1.29 is 4.39 Å². The lowest BCUT2D eigenvalue weighted by Gasteiger charge is -2.00. The molecule has 0 unspecified atom stereocenters. The molecular formula is C12H14FN3S2. The standard InChI is InChI=1S/C12H14FN3S2/c1-2-7-14-12-15-11(16-18-12)8-17-10-6-4-3-5-9(10)13/h3-6H,2,7-8H2,1H3,(H,14,15,16). The molecule has 0 aliphatic rings. The fraction of sp³-hybridized carbons (Fsp3) is 0.333. The van der Waals surface area contributed by atoms with Gasteiger partial charge < -0.3 is 5.32 Å². The first-order valence-electron chi connectivity index (χ1n) is 5.73. The third-order valence-corrected chi connectivity index (χ3v) is 3.94. The van der Waals surface area contributed by atoms with Crippen LogP contribution in [0.2, 0.25) is 0 Å². The fourth-order valence-corrected chi connectivity index (χ4v) is 2.81. The summed E-state index contributed by atoms with van der Waals surface area (Å²) < 4.78 is 17.6. The third-order valence-electron chi connectivity index (χ3n) is 2.19. The smallest absolute Gasteiger partial charge is 0.202 e. The summed E-state index contributed by atoms with van der Waals surface area (Å²) in [6, 6.07) is 6.75. The summed E-state index contributed by atoms with van der Waals surface area (Å²) in [5.41, 5.74) is 0. The largest absolute Gasteiger partial charge is 0.360 e. The lowest BCUT2D eigenvalue weighted by molar-refractivity contribution is 0.602. The molecule has 0 atom stereocenters. The number of thioether (sulfide) groups is 1. The average Bonchev–Trinajstić information content (AvgIpc) is 2.83. The minimum Gasteiger partial charge on any atom is -0.360 e. The Bertz CT molecular complexity index is 502. The van der Waals surface area contributed by atoms with Gasteiger partial charge in [0, 0.05) is 23.0 Å². The summed E-state index contributed by atoms with van der Waals surface area (Å²) in [7, 11) is 0. The molecule has 3 nitrogen and oxygen atoms in total. The van der Waals surface area contributed by atoms with Crippen LogP contribution in [0, 0.1) is 5.82 Å². The van der Waals surface area contributed by atoms with Gasteiger partial charge >= 0.3 is 0 Å². The highest BCUT2D eigenvalue weighted by Crippen LogP contribution is 2.25. The van der Waals surface area contributed by atoms with Gasteiger partial charge in [0.2, 0.25) is 5.13 Å². The van der Waals surface area contributed by atoms with Crippen LogP contribution in [0.5, 0.6) is 0 Å². The number of rotatable bonds is 6. The Morgan fingerprint density at radius 1 is 1.39 bits per heavy atom. The number of nitrogens with zero attached hydrogens (tertiary/aromatic N) is 2. The van der Waals surface area contributed by atoms with Crippen LogP contribution >= 0.6 is 23.3 Å². The lowest BCUT2D eigenvalue weighted by atomic mass is 10.3. The molecule has 1 N–H and O–H groups in total. The zero-order valence-electron chi connectivity index (χ0n) is 10.0. The fourth-order valence-electron chi connectivity index (χ4n) is 1.32. The number of benzene rings is 1. The van der Waals surface area contributed by atoms with E-state index in [0.29, 0.717) is 10.6 Å². The number of aromatic nitrogens is 2. The summed E-state index contributed by atoms with van der Waals surface area (Å²) in [6.45, 7) is 3.00. The lowest BCUT2D eigenvalue weighted by Crippen LogP contribution is -1.98. The zero-order valence-corrected chi connectivity index (χ0v) is 11.7. The van der Waals surface area contributed by atoms with Gasteiger partial charge in [0.05, 0.1) is 5.75 Å². The van der Waals surface area contributed by atoms with Crippen LogP contribution in [0.3, 0.4) is 0 Å². The molecular weight excluding hydrogens is 269 g/mol. The van der Waals surface area contributed by atoms with Gasteiger partial charge in [-0.05, 0) is 18.6 Å². The predicted octanol–water partition coefficient (Wildman–Crippen LogP) is 3.79. The maximum absolute atomic E-state index is 13.4. The molecule has 6 heteroatoms. The van der Waals surface area contributed by atoms with Gasteiger partial charge in [-0.25, -0.2) is 9.37 Å². The Labute approximate surface area is 114 Å². The predicted molar refractivity (Wildman–Crippen MR) is 74.7 cm³/mol. The first-order chi connectivity index (χ1) is 8.79. The summed E-state index contributed by atoms with van der Waals surface area (Å²) in [5.74, 6) is 1.14.